The summed E-state index contributed by atoms with van der Waals surface area (Å²) in [5.74, 6) is 0.982. The van der Waals surface area contributed by atoms with Gasteiger partial charge < -0.3 is 4.90 Å². The molecule has 2 aromatic carbocycles. The van der Waals surface area contributed by atoms with Crippen LogP contribution in [-0.4, -0.2) is 33.9 Å². The molecule has 1 saturated carbocycles. The molecule has 0 bridgehead atoms. The van der Waals surface area contributed by atoms with Crippen LogP contribution in [0.25, 0.3) is 21.1 Å². The summed E-state index contributed by atoms with van der Waals surface area (Å²) in [6.45, 7) is 1.56. The van der Waals surface area contributed by atoms with Crippen molar-refractivity contribution in [3.8, 4) is 0 Å². The van der Waals surface area contributed by atoms with Crippen LogP contribution in [0.2, 0.25) is 0 Å². The highest BCUT2D eigenvalue weighted by molar-refractivity contribution is 7.18. The first-order valence-electron chi connectivity index (χ1n) is 10.8. The van der Waals surface area contributed by atoms with Crippen molar-refractivity contribution in [2.75, 3.05) is 13.1 Å². The topological polar surface area (TPSA) is 46.1 Å². The van der Waals surface area contributed by atoms with Crippen molar-refractivity contribution in [3.05, 3.63) is 70.9 Å². The fraction of sp³-hybridized carbons (Fsp3) is 0.320. The number of piperidine rings is 1. The monoisotopic (exact) mass is 413 g/mol. The van der Waals surface area contributed by atoms with Gasteiger partial charge in [0, 0.05) is 36.0 Å². The van der Waals surface area contributed by atoms with E-state index < -0.39 is 0 Å². The minimum atomic E-state index is 0.140. The van der Waals surface area contributed by atoms with Crippen LogP contribution in [0, 0.1) is 0 Å². The number of amides is 1. The smallest absolute Gasteiger partial charge is 0.254 e. The molecule has 1 atom stereocenters. The first-order chi connectivity index (χ1) is 14.8. The molecule has 150 valence electrons. The van der Waals surface area contributed by atoms with Crippen LogP contribution in [0.5, 0.6) is 0 Å². The van der Waals surface area contributed by atoms with Gasteiger partial charge in [0.1, 0.15) is 0 Å². The number of rotatable bonds is 3. The van der Waals surface area contributed by atoms with Gasteiger partial charge in [-0.05, 0) is 49.9 Å². The molecule has 30 heavy (non-hydrogen) atoms. The van der Waals surface area contributed by atoms with E-state index in [1.165, 1.54) is 17.5 Å². The van der Waals surface area contributed by atoms with Gasteiger partial charge >= 0.3 is 0 Å². The predicted molar refractivity (Wildman–Crippen MR) is 121 cm³/mol. The SMILES string of the molecule is O=C(c1cc(C2CC2)nc2ccccc12)N1CCC[C@H](c2nc3ccccc3s2)C1. The molecule has 2 aliphatic rings. The standard InChI is InChI=1S/C25H23N3OS/c29-25(19-14-22(16-11-12-16)26-20-8-2-1-7-18(19)20)28-13-5-6-17(15-28)24-27-21-9-3-4-10-23(21)30-24/h1-4,7-10,14,16-17H,5-6,11-13,15H2/t17-/m0/s1. The van der Waals surface area contributed by atoms with Crippen LogP contribution in [0.1, 0.15) is 58.6 Å². The Morgan fingerprint density at radius 1 is 0.933 bits per heavy atom. The van der Waals surface area contributed by atoms with Crippen LogP contribution < -0.4 is 0 Å². The number of fused-ring (bicyclic) bond motifs is 2. The molecular weight excluding hydrogens is 390 g/mol. The molecule has 6 rings (SSSR count). The van der Waals surface area contributed by atoms with Gasteiger partial charge in [-0.25, -0.2) is 4.98 Å². The lowest BCUT2D eigenvalue weighted by Crippen LogP contribution is -2.39. The first-order valence-corrected chi connectivity index (χ1v) is 11.6. The third-order valence-corrected chi connectivity index (χ3v) is 7.53. The zero-order chi connectivity index (χ0) is 20.1. The normalized spacial score (nSPS) is 19.5. The highest BCUT2D eigenvalue weighted by atomic mass is 32.1. The molecule has 1 aliphatic carbocycles. The van der Waals surface area contributed by atoms with E-state index in [1.807, 2.05) is 35.2 Å². The van der Waals surface area contributed by atoms with Gasteiger partial charge in [-0.15, -0.1) is 11.3 Å². The molecule has 1 amide bonds. The summed E-state index contributed by atoms with van der Waals surface area (Å²) in [6, 6.07) is 18.4. The number of thiazole rings is 1. The number of hydrogen-bond donors (Lipinski definition) is 0. The lowest BCUT2D eigenvalue weighted by Gasteiger charge is -2.32. The number of nitrogens with zero attached hydrogens (tertiary/aromatic N) is 3. The number of para-hydroxylation sites is 2. The Bertz CT molecular complexity index is 1230. The Morgan fingerprint density at radius 2 is 1.73 bits per heavy atom. The van der Waals surface area contributed by atoms with Crippen LogP contribution in [0.15, 0.2) is 54.6 Å². The average Bonchev–Trinajstić information content (AvgIpc) is 3.56. The highest BCUT2D eigenvalue weighted by Gasteiger charge is 2.31. The molecule has 2 fully saturated rings. The van der Waals surface area contributed by atoms with Gasteiger partial charge in [-0.2, -0.15) is 0 Å². The second-order valence-electron chi connectivity index (χ2n) is 8.50. The van der Waals surface area contributed by atoms with Gasteiger partial charge in [0.25, 0.3) is 5.91 Å². The zero-order valence-electron chi connectivity index (χ0n) is 16.8. The number of benzene rings is 2. The van der Waals surface area contributed by atoms with Crippen molar-refractivity contribution >= 4 is 38.4 Å². The molecule has 5 heteroatoms. The number of likely N-dealkylation sites (tertiary alicyclic amines) is 1. The van der Waals surface area contributed by atoms with E-state index in [2.05, 4.69) is 24.3 Å². The summed E-state index contributed by atoms with van der Waals surface area (Å²) < 4.78 is 1.23. The molecule has 1 aliphatic heterocycles. The fourth-order valence-corrected chi connectivity index (χ4v) is 5.65. The molecule has 0 spiro atoms. The van der Waals surface area contributed by atoms with E-state index in [1.54, 1.807) is 11.3 Å². The maximum absolute atomic E-state index is 13.6. The van der Waals surface area contributed by atoms with Gasteiger partial charge in [0.2, 0.25) is 0 Å². The lowest BCUT2D eigenvalue weighted by molar-refractivity contribution is 0.0709. The number of carbonyl (C=O) groups excluding carboxylic acids is 1. The van der Waals surface area contributed by atoms with Crippen molar-refractivity contribution in [2.24, 2.45) is 0 Å². The quantitative estimate of drug-likeness (QED) is 0.430. The minimum absolute atomic E-state index is 0.140. The van der Waals surface area contributed by atoms with Gasteiger partial charge in [-0.3, -0.25) is 9.78 Å². The molecule has 0 N–H and O–H groups in total. The van der Waals surface area contributed by atoms with E-state index in [0.717, 1.165) is 58.6 Å². The summed E-state index contributed by atoms with van der Waals surface area (Å²) in [5.41, 5.74) is 3.89. The zero-order valence-corrected chi connectivity index (χ0v) is 17.6. The molecular formula is C25H23N3OS. The second kappa shape index (κ2) is 7.17. The number of carbonyl (C=O) groups is 1. The Morgan fingerprint density at radius 3 is 2.57 bits per heavy atom. The van der Waals surface area contributed by atoms with E-state index in [0.29, 0.717) is 11.8 Å². The van der Waals surface area contributed by atoms with Crippen molar-refractivity contribution in [3.63, 3.8) is 0 Å². The van der Waals surface area contributed by atoms with E-state index >= 15 is 0 Å². The minimum Gasteiger partial charge on any atom is -0.338 e. The van der Waals surface area contributed by atoms with Gasteiger partial charge in [0.05, 0.1) is 26.3 Å². The number of pyridine rings is 1. The van der Waals surface area contributed by atoms with Crippen LogP contribution in [0.4, 0.5) is 0 Å². The molecule has 1 saturated heterocycles. The molecule has 4 aromatic rings. The summed E-state index contributed by atoms with van der Waals surface area (Å²) in [7, 11) is 0. The first kappa shape index (κ1) is 18.0. The van der Waals surface area contributed by atoms with Crippen molar-refractivity contribution in [1.29, 1.82) is 0 Å². The largest absolute Gasteiger partial charge is 0.338 e. The van der Waals surface area contributed by atoms with Gasteiger partial charge in [0.15, 0.2) is 0 Å². The maximum Gasteiger partial charge on any atom is 0.254 e. The van der Waals surface area contributed by atoms with Crippen LogP contribution in [-0.2, 0) is 0 Å². The summed E-state index contributed by atoms with van der Waals surface area (Å²) in [5, 5.41) is 2.13. The third-order valence-electron chi connectivity index (χ3n) is 6.33. The predicted octanol–water partition coefficient (Wildman–Crippen LogP) is 5.74. The number of aromatic nitrogens is 2. The van der Waals surface area contributed by atoms with E-state index in [9.17, 15) is 4.79 Å². The lowest BCUT2D eigenvalue weighted by atomic mass is 9.97. The maximum atomic E-state index is 13.6. The van der Waals surface area contributed by atoms with Crippen molar-refractivity contribution in [1.82, 2.24) is 14.9 Å². The molecule has 2 aromatic heterocycles. The van der Waals surface area contributed by atoms with Crippen LogP contribution in [0.3, 0.4) is 0 Å². The molecule has 3 heterocycles. The Balaban J connectivity index is 1.33. The average molecular weight is 414 g/mol. The molecule has 4 nitrogen and oxygen atoms in total. The summed E-state index contributed by atoms with van der Waals surface area (Å²) >= 11 is 1.77. The van der Waals surface area contributed by atoms with E-state index in [-0.39, 0.29) is 5.91 Å². The highest BCUT2D eigenvalue weighted by Crippen LogP contribution is 2.40. The van der Waals surface area contributed by atoms with Crippen molar-refractivity contribution in [2.45, 2.75) is 37.5 Å². The third kappa shape index (κ3) is 3.18. The summed E-state index contributed by atoms with van der Waals surface area (Å²) in [6.07, 6.45) is 4.48. The molecule has 0 unspecified atom stereocenters. The van der Waals surface area contributed by atoms with Crippen LogP contribution >= 0.6 is 11.3 Å². The Labute approximate surface area is 179 Å². The van der Waals surface area contributed by atoms with E-state index in [4.69, 9.17) is 9.97 Å². The van der Waals surface area contributed by atoms with Crippen molar-refractivity contribution < 1.29 is 4.79 Å². The Hall–Kier alpha value is -2.79. The van der Waals surface area contributed by atoms with Gasteiger partial charge in [-0.1, -0.05) is 30.3 Å². The second-order valence-corrected chi connectivity index (χ2v) is 9.56. The number of hydrogen-bond acceptors (Lipinski definition) is 4. The Kier molecular flexibility index (Phi) is 4.30. The fourth-order valence-electron chi connectivity index (χ4n) is 4.56. The molecule has 0 radical (unpaired) electrons. The summed E-state index contributed by atoms with van der Waals surface area (Å²) in [4.78, 5) is 25.4.